The molecule has 9 aromatic carbocycles. The summed E-state index contributed by atoms with van der Waals surface area (Å²) in [4.78, 5) is 0. The van der Waals surface area contributed by atoms with Gasteiger partial charge in [-0.2, -0.15) is 0 Å². The molecule has 11 rings (SSSR count). The van der Waals surface area contributed by atoms with E-state index >= 15 is 0 Å². The Morgan fingerprint density at radius 3 is 0.824 bits per heavy atom. The summed E-state index contributed by atoms with van der Waals surface area (Å²) in [5.74, 6) is 0. The van der Waals surface area contributed by atoms with Crippen LogP contribution in [0.15, 0.2) is 273 Å². The molecule has 11 nitrogen and oxygen atoms in total. The summed E-state index contributed by atoms with van der Waals surface area (Å²) < 4.78 is 78.1. The number of hydrogen-bond acceptors (Lipinski definition) is 11. The molecule has 2 heterocycles. The summed E-state index contributed by atoms with van der Waals surface area (Å²) in [5.41, 5.74) is 7.60. The van der Waals surface area contributed by atoms with Crippen LogP contribution in [0.5, 0.6) is 0 Å². The first kappa shape index (κ1) is 59.3. The first-order valence-electron chi connectivity index (χ1n) is 29.3. The van der Waals surface area contributed by atoms with Gasteiger partial charge in [-0.15, -0.1) is 0 Å². The lowest BCUT2D eigenvalue weighted by Crippen LogP contribution is -2.64. The number of benzene rings is 9. The Morgan fingerprint density at radius 2 is 0.518 bits per heavy atom. The minimum Gasteiger partial charge on any atom is -0.368 e. The van der Waals surface area contributed by atoms with Crippen LogP contribution in [-0.2, 0) is 97.3 Å². The molecule has 2 fully saturated rings. The van der Waals surface area contributed by atoms with Crippen molar-refractivity contribution < 1.29 is 52.1 Å². The molecule has 85 heavy (non-hydrogen) atoms. The van der Waals surface area contributed by atoms with E-state index in [0.717, 1.165) is 50.1 Å². The Morgan fingerprint density at radius 1 is 0.271 bits per heavy atom. The Hall–Kier alpha value is -7.46. The van der Waals surface area contributed by atoms with Crippen LogP contribution in [0.3, 0.4) is 0 Å². The summed E-state index contributed by atoms with van der Waals surface area (Å²) >= 11 is 0. The highest BCUT2D eigenvalue weighted by atomic mass is 16.8. The van der Waals surface area contributed by atoms with Gasteiger partial charge in [0.2, 0.25) is 0 Å². The summed E-state index contributed by atoms with van der Waals surface area (Å²) in [6.45, 7) is 1.49. The molecule has 2 saturated heterocycles. The van der Waals surface area contributed by atoms with Crippen LogP contribution in [0.25, 0.3) is 0 Å². The van der Waals surface area contributed by atoms with E-state index in [9.17, 15) is 0 Å². The minimum absolute atomic E-state index is 0.0267. The summed E-state index contributed by atoms with van der Waals surface area (Å²) in [6, 6.07) is 91.5. The maximum atomic E-state index is 7.64. The lowest BCUT2D eigenvalue weighted by molar-refractivity contribution is -0.352. The Labute approximate surface area is 499 Å². The van der Waals surface area contributed by atoms with E-state index < -0.39 is 67.0 Å². The van der Waals surface area contributed by atoms with Crippen molar-refractivity contribution >= 4 is 0 Å². The summed E-state index contributed by atoms with van der Waals surface area (Å²) in [5, 5.41) is 0. The van der Waals surface area contributed by atoms with Crippen LogP contribution in [0, 0.1) is 0 Å². The molecule has 2 aliphatic rings. The van der Waals surface area contributed by atoms with Gasteiger partial charge < -0.3 is 52.1 Å². The van der Waals surface area contributed by atoms with Gasteiger partial charge in [-0.3, -0.25) is 0 Å². The van der Waals surface area contributed by atoms with Crippen LogP contribution in [0.1, 0.15) is 50.1 Å². The second-order valence-electron chi connectivity index (χ2n) is 21.3. The van der Waals surface area contributed by atoms with Crippen molar-refractivity contribution in [2.24, 2.45) is 0 Å². The van der Waals surface area contributed by atoms with Gasteiger partial charge in [0.25, 0.3) is 0 Å². The molecule has 0 aliphatic carbocycles. The second-order valence-corrected chi connectivity index (χ2v) is 21.3. The van der Waals surface area contributed by atoms with Gasteiger partial charge >= 0.3 is 0 Å². The molecule has 0 unspecified atom stereocenters. The molecule has 0 spiro atoms. The van der Waals surface area contributed by atoms with Crippen LogP contribution in [0.2, 0.25) is 0 Å². The topological polar surface area (TPSA) is 102 Å². The highest BCUT2D eigenvalue weighted by Gasteiger charge is 2.53. The van der Waals surface area contributed by atoms with Crippen LogP contribution < -0.4 is 0 Å². The third-order valence-corrected chi connectivity index (χ3v) is 15.6. The van der Waals surface area contributed by atoms with Gasteiger partial charge in [0.1, 0.15) is 54.4 Å². The molecule has 0 aromatic heterocycles. The second kappa shape index (κ2) is 30.6. The average molecular weight is 1140 g/mol. The SMILES string of the molecule is CO[C@H]1O[C@H](CO[C@H]2O[C@H](COC(c3ccccc3)(c3ccccc3)c3ccccc3)[C@@H](OCc3ccccc3)[C@H](OCc3ccccc3)[C@H]2OCc2ccccc2)[C@@H](OCc2ccccc2)[C@H](OCc2ccccc2)[C@H]1OCc1ccccc1. The Kier molecular flexibility index (Phi) is 21.3. The van der Waals surface area contributed by atoms with Crippen molar-refractivity contribution in [3.8, 4) is 0 Å². The fraction of sp³-hybridized carbons (Fsp3) is 0.270. The first-order chi connectivity index (χ1) is 42.1. The van der Waals surface area contributed by atoms with E-state index in [1.807, 2.05) is 212 Å². The lowest BCUT2D eigenvalue weighted by atomic mass is 9.80. The maximum Gasteiger partial charge on any atom is 0.187 e. The predicted molar refractivity (Wildman–Crippen MR) is 326 cm³/mol. The van der Waals surface area contributed by atoms with E-state index in [1.165, 1.54) is 0 Å². The predicted octanol–water partition coefficient (Wildman–Crippen LogP) is 13.6. The number of ether oxygens (including phenoxy) is 11. The number of methoxy groups -OCH3 is 1. The van der Waals surface area contributed by atoms with Gasteiger partial charge in [0.05, 0.1) is 52.9 Å². The van der Waals surface area contributed by atoms with Crippen molar-refractivity contribution in [2.75, 3.05) is 20.3 Å². The highest BCUT2D eigenvalue weighted by Crippen LogP contribution is 2.42. The first-order valence-corrected chi connectivity index (χ1v) is 29.3. The fourth-order valence-electron chi connectivity index (χ4n) is 11.2. The highest BCUT2D eigenvalue weighted by molar-refractivity contribution is 5.47. The van der Waals surface area contributed by atoms with Crippen LogP contribution in [-0.4, -0.2) is 81.7 Å². The Bertz CT molecular complexity index is 3180. The molecular formula is C74H74O11. The van der Waals surface area contributed by atoms with E-state index in [4.69, 9.17) is 52.1 Å². The zero-order valence-corrected chi connectivity index (χ0v) is 47.9. The quantitative estimate of drug-likeness (QED) is 0.0438. The smallest absolute Gasteiger partial charge is 0.187 e. The molecule has 0 saturated carbocycles. The minimum atomic E-state index is -1.10. The van der Waals surface area contributed by atoms with Crippen LogP contribution >= 0.6 is 0 Å². The average Bonchev–Trinajstić information content (AvgIpc) is 3.62. The van der Waals surface area contributed by atoms with E-state index in [-0.39, 0.29) is 52.9 Å². The zero-order valence-electron chi connectivity index (χ0n) is 47.9. The zero-order chi connectivity index (χ0) is 57.7. The number of rotatable bonds is 28. The molecular weight excluding hydrogens is 1060 g/mol. The van der Waals surface area contributed by atoms with Crippen molar-refractivity contribution in [1.82, 2.24) is 0 Å². The van der Waals surface area contributed by atoms with Gasteiger partial charge in [-0.1, -0.05) is 273 Å². The molecule has 0 radical (unpaired) electrons. The van der Waals surface area contributed by atoms with Gasteiger partial charge in [-0.25, -0.2) is 0 Å². The van der Waals surface area contributed by atoms with Gasteiger partial charge in [-0.05, 0) is 50.1 Å². The fourth-order valence-corrected chi connectivity index (χ4v) is 11.2. The molecule has 0 N–H and O–H groups in total. The van der Waals surface area contributed by atoms with E-state index in [1.54, 1.807) is 7.11 Å². The molecule has 0 bridgehead atoms. The monoisotopic (exact) mass is 1140 g/mol. The van der Waals surface area contributed by atoms with Crippen molar-refractivity contribution in [3.63, 3.8) is 0 Å². The molecule has 10 atom stereocenters. The van der Waals surface area contributed by atoms with Crippen molar-refractivity contribution in [3.05, 3.63) is 323 Å². The number of hydrogen-bond donors (Lipinski definition) is 0. The normalized spacial score (nSPS) is 22.4. The van der Waals surface area contributed by atoms with Crippen molar-refractivity contribution in [1.29, 1.82) is 0 Å². The summed E-state index contributed by atoms with van der Waals surface area (Å²) in [6.07, 6.45) is -8.22. The molecule has 436 valence electrons. The summed E-state index contributed by atoms with van der Waals surface area (Å²) in [7, 11) is 1.62. The molecule has 9 aromatic rings. The van der Waals surface area contributed by atoms with Crippen LogP contribution in [0.4, 0.5) is 0 Å². The molecule has 11 heteroatoms. The van der Waals surface area contributed by atoms with Gasteiger partial charge in [0.15, 0.2) is 12.6 Å². The largest absolute Gasteiger partial charge is 0.368 e. The third-order valence-electron chi connectivity index (χ3n) is 15.6. The lowest BCUT2D eigenvalue weighted by Gasteiger charge is -2.48. The van der Waals surface area contributed by atoms with Gasteiger partial charge in [0, 0.05) is 7.11 Å². The standard InChI is InChI=1S/C74H74O11/c1-75-72-70(80-51-59-37-19-6-20-38-59)68(78-49-57-33-15-4-16-34-57)66(76-47-55-29-11-2-12-30-55)64(84-72)53-82-73-71(81-52-60-39-21-7-22-40-60)69(79-50-58-35-17-5-18-36-58)67(77-48-56-31-13-3-14-32-56)65(85-73)54-83-74(61-41-23-8-24-42-61,62-43-25-9-26-44-62)63-45-27-10-28-46-63/h2-46,64-73H,47-54H2,1H3/t64-,65-,66-,67-,68+,69+,70-,71-,72+,73+/m1/s1. The molecule has 0 amide bonds. The van der Waals surface area contributed by atoms with E-state index in [2.05, 4.69) is 60.7 Å². The molecule has 2 aliphatic heterocycles. The Balaban J connectivity index is 0.990. The third kappa shape index (κ3) is 15.5. The van der Waals surface area contributed by atoms with Crippen molar-refractivity contribution in [2.45, 2.75) is 107 Å². The van der Waals surface area contributed by atoms with E-state index in [0.29, 0.717) is 0 Å². The maximum absolute atomic E-state index is 7.64.